The molecule has 0 spiro atoms. The van der Waals surface area contributed by atoms with Crippen molar-refractivity contribution in [3.63, 3.8) is 0 Å². The summed E-state index contributed by atoms with van der Waals surface area (Å²) in [5.74, 6) is -1.26. The second-order valence-corrected chi connectivity index (χ2v) is 2.08. The fourth-order valence-electron chi connectivity index (χ4n) is 0.753. The third kappa shape index (κ3) is 1.29. The lowest BCUT2D eigenvalue weighted by Gasteiger charge is -1.90. The predicted molar refractivity (Wildman–Crippen MR) is 37.0 cm³/mol. The Morgan fingerprint density at radius 1 is 1.55 bits per heavy atom. The minimum atomic E-state index is -0.963. The second kappa shape index (κ2) is 2.57. The molecule has 1 heterocycles. The average Bonchev–Trinajstić information content (AvgIpc) is 2.33. The summed E-state index contributed by atoms with van der Waals surface area (Å²) in [5, 5.41) is 0. The van der Waals surface area contributed by atoms with Crippen LogP contribution in [0, 0.1) is 6.92 Å². The maximum Gasteiger partial charge on any atom is 0.289 e. The molecule has 58 valence electrons. The first kappa shape index (κ1) is 7.53. The maximum absolute atomic E-state index is 10.9. The van der Waals surface area contributed by atoms with Gasteiger partial charge in [0.1, 0.15) is 5.76 Å². The Balaban J connectivity index is 3.02. The fraction of sp³-hybridized carbons (Fsp3) is 0.143. The van der Waals surface area contributed by atoms with Gasteiger partial charge in [-0.25, -0.2) is 0 Å². The summed E-state index contributed by atoms with van der Waals surface area (Å²) in [6.45, 7) is 1.59. The van der Waals surface area contributed by atoms with Crippen LogP contribution < -0.4 is 5.73 Å². The first-order chi connectivity index (χ1) is 5.13. The van der Waals surface area contributed by atoms with Gasteiger partial charge >= 0.3 is 0 Å². The number of amides is 1. The van der Waals surface area contributed by atoms with Gasteiger partial charge in [0, 0.05) is 0 Å². The highest BCUT2D eigenvalue weighted by Crippen LogP contribution is 2.08. The number of ketones is 1. The lowest BCUT2D eigenvalue weighted by Crippen LogP contribution is -2.23. The first-order valence-corrected chi connectivity index (χ1v) is 3.01. The first-order valence-electron chi connectivity index (χ1n) is 3.01. The van der Waals surface area contributed by atoms with Gasteiger partial charge < -0.3 is 10.2 Å². The molecule has 0 aromatic carbocycles. The van der Waals surface area contributed by atoms with Gasteiger partial charge in [-0.3, -0.25) is 9.59 Å². The molecule has 2 N–H and O–H groups in total. The van der Waals surface area contributed by atoms with Crippen molar-refractivity contribution in [2.24, 2.45) is 5.73 Å². The standard InChI is InChI=1S/C7H7NO3/c1-4-5(2-3-11-4)6(9)7(8)10/h2-3H,1H3,(H2,8,10). The number of carbonyl (C=O) groups excluding carboxylic acids is 2. The molecule has 0 saturated carbocycles. The molecule has 0 aliphatic rings. The molecule has 0 fully saturated rings. The third-order valence-electron chi connectivity index (χ3n) is 1.33. The van der Waals surface area contributed by atoms with Crippen molar-refractivity contribution >= 4 is 11.7 Å². The molecule has 0 bridgehead atoms. The van der Waals surface area contributed by atoms with E-state index in [1.807, 2.05) is 0 Å². The summed E-state index contributed by atoms with van der Waals surface area (Å²) in [6.07, 6.45) is 1.34. The highest BCUT2D eigenvalue weighted by atomic mass is 16.3. The van der Waals surface area contributed by atoms with Gasteiger partial charge in [0.15, 0.2) is 0 Å². The van der Waals surface area contributed by atoms with Crippen LogP contribution in [0.2, 0.25) is 0 Å². The zero-order chi connectivity index (χ0) is 8.43. The number of nitrogens with two attached hydrogens (primary N) is 1. The highest BCUT2D eigenvalue weighted by Gasteiger charge is 2.16. The van der Waals surface area contributed by atoms with Crippen molar-refractivity contribution in [1.29, 1.82) is 0 Å². The van der Waals surface area contributed by atoms with Crippen molar-refractivity contribution in [3.05, 3.63) is 23.7 Å². The molecule has 1 aromatic heterocycles. The van der Waals surface area contributed by atoms with E-state index in [1.165, 1.54) is 12.3 Å². The molecule has 0 saturated heterocycles. The third-order valence-corrected chi connectivity index (χ3v) is 1.33. The van der Waals surface area contributed by atoms with Gasteiger partial charge in [0.25, 0.3) is 11.7 Å². The summed E-state index contributed by atoms with van der Waals surface area (Å²) < 4.78 is 4.81. The maximum atomic E-state index is 10.9. The van der Waals surface area contributed by atoms with Gasteiger partial charge in [-0.1, -0.05) is 0 Å². The molecule has 0 aliphatic heterocycles. The van der Waals surface area contributed by atoms with E-state index in [9.17, 15) is 9.59 Å². The molecule has 0 atom stereocenters. The highest BCUT2D eigenvalue weighted by molar-refractivity contribution is 6.42. The lowest BCUT2D eigenvalue weighted by atomic mass is 10.2. The molecule has 4 nitrogen and oxygen atoms in total. The summed E-state index contributed by atoms with van der Waals surface area (Å²) in [7, 11) is 0. The number of rotatable bonds is 2. The monoisotopic (exact) mass is 153 g/mol. The molecule has 1 aromatic rings. The van der Waals surface area contributed by atoms with Crippen molar-refractivity contribution in [2.75, 3.05) is 0 Å². The predicted octanol–water partition coefficient (Wildman–Crippen LogP) is 0.256. The zero-order valence-corrected chi connectivity index (χ0v) is 5.96. The quantitative estimate of drug-likeness (QED) is 0.489. The van der Waals surface area contributed by atoms with E-state index in [0.717, 1.165) is 0 Å². The van der Waals surface area contributed by atoms with Crippen LogP contribution in [0.1, 0.15) is 16.1 Å². The molecule has 0 unspecified atom stereocenters. The Kier molecular flexibility index (Phi) is 1.76. The Labute approximate surface area is 63.0 Å². The van der Waals surface area contributed by atoms with Crippen LogP contribution in [-0.2, 0) is 4.79 Å². The summed E-state index contributed by atoms with van der Waals surface area (Å²) in [6, 6.07) is 1.42. The fourth-order valence-corrected chi connectivity index (χ4v) is 0.753. The van der Waals surface area contributed by atoms with E-state index in [1.54, 1.807) is 6.92 Å². The van der Waals surface area contributed by atoms with Gasteiger partial charge in [-0.05, 0) is 13.0 Å². The van der Waals surface area contributed by atoms with Crippen molar-refractivity contribution in [1.82, 2.24) is 0 Å². The van der Waals surface area contributed by atoms with Crippen LogP contribution in [0.4, 0.5) is 0 Å². The Morgan fingerprint density at radius 3 is 2.55 bits per heavy atom. The minimum Gasteiger partial charge on any atom is -0.469 e. The van der Waals surface area contributed by atoms with E-state index in [2.05, 4.69) is 0 Å². The van der Waals surface area contributed by atoms with Gasteiger partial charge in [-0.2, -0.15) is 0 Å². The van der Waals surface area contributed by atoms with E-state index in [0.29, 0.717) is 5.76 Å². The van der Waals surface area contributed by atoms with Gasteiger partial charge in [-0.15, -0.1) is 0 Å². The lowest BCUT2D eigenvalue weighted by molar-refractivity contribution is -0.114. The van der Waals surface area contributed by atoms with E-state index in [4.69, 9.17) is 10.2 Å². The zero-order valence-electron chi connectivity index (χ0n) is 5.96. The van der Waals surface area contributed by atoms with Crippen molar-refractivity contribution in [3.8, 4) is 0 Å². The second-order valence-electron chi connectivity index (χ2n) is 2.08. The summed E-state index contributed by atoms with van der Waals surface area (Å²) in [4.78, 5) is 21.3. The van der Waals surface area contributed by atoms with Crippen LogP contribution >= 0.6 is 0 Å². The molecule has 4 heteroatoms. The Bertz CT molecular complexity index is 300. The molecular formula is C7H7NO3. The number of furan rings is 1. The molecule has 0 aliphatic carbocycles. The topological polar surface area (TPSA) is 73.3 Å². The van der Waals surface area contributed by atoms with E-state index < -0.39 is 11.7 Å². The van der Waals surface area contributed by atoms with Crippen molar-refractivity contribution < 1.29 is 14.0 Å². The van der Waals surface area contributed by atoms with Crippen LogP contribution in [0.15, 0.2) is 16.7 Å². The van der Waals surface area contributed by atoms with Crippen LogP contribution in [-0.4, -0.2) is 11.7 Å². The molecule has 1 rings (SSSR count). The van der Waals surface area contributed by atoms with Crippen molar-refractivity contribution in [2.45, 2.75) is 6.92 Å². The average molecular weight is 153 g/mol. The molecule has 11 heavy (non-hydrogen) atoms. The summed E-state index contributed by atoms with van der Waals surface area (Å²) in [5.41, 5.74) is 5.00. The number of hydrogen-bond donors (Lipinski definition) is 1. The Hall–Kier alpha value is -1.58. The largest absolute Gasteiger partial charge is 0.469 e. The molecule has 1 amide bonds. The summed E-state index contributed by atoms with van der Waals surface area (Å²) >= 11 is 0. The normalized spacial score (nSPS) is 9.55. The molecular weight excluding hydrogens is 146 g/mol. The van der Waals surface area contributed by atoms with Gasteiger partial charge in [0.05, 0.1) is 11.8 Å². The SMILES string of the molecule is Cc1occc1C(=O)C(N)=O. The van der Waals surface area contributed by atoms with Crippen LogP contribution in [0.5, 0.6) is 0 Å². The van der Waals surface area contributed by atoms with E-state index in [-0.39, 0.29) is 5.56 Å². The molecule has 0 radical (unpaired) electrons. The van der Waals surface area contributed by atoms with Crippen LogP contribution in [0.3, 0.4) is 0 Å². The number of aryl methyl sites for hydroxylation is 1. The van der Waals surface area contributed by atoms with Gasteiger partial charge in [0.2, 0.25) is 0 Å². The smallest absolute Gasteiger partial charge is 0.289 e. The number of Topliss-reactive ketones (excluding diaryl/α,β-unsaturated/α-hetero) is 1. The Morgan fingerprint density at radius 2 is 2.18 bits per heavy atom. The minimum absolute atomic E-state index is 0.234. The number of primary amides is 1. The van der Waals surface area contributed by atoms with Crippen LogP contribution in [0.25, 0.3) is 0 Å². The number of carbonyl (C=O) groups is 2. The number of hydrogen-bond acceptors (Lipinski definition) is 3. The van der Waals surface area contributed by atoms with E-state index >= 15 is 0 Å².